The van der Waals surface area contributed by atoms with Crippen molar-refractivity contribution in [3.63, 3.8) is 0 Å². The van der Waals surface area contributed by atoms with Crippen molar-refractivity contribution in [2.24, 2.45) is 0 Å². The zero-order valence-corrected chi connectivity index (χ0v) is 13.0. The van der Waals surface area contributed by atoms with Gasteiger partial charge in [0.2, 0.25) is 5.91 Å². The monoisotopic (exact) mass is 297 g/mol. The van der Waals surface area contributed by atoms with E-state index in [0.29, 0.717) is 26.2 Å². The molecule has 1 amide bonds. The van der Waals surface area contributed by atoms with Crippen LogP contribution in [0.15, 0.2) is 5.38 Å². The number of aromatic nitrogens is 1. The van der Waals surface area contributed by atoms with Gasteiger partial charge in [-0.2, -0.15) is 0 Å². The van der Waals surface area contributed by atoms with E-state index in [1.54, 1.807) is 11.3 Å². The van der Waals surface area contributed by atoms with Gasteiger partial charge in [0.25, 0.3) is 0 Å². The van der Waals surface area contributed by atoms with E-state index in [9.17, 15) is 4.79 Å². The lowest BCUT2D eigenvalue weighted by Gasteiger charge is -2.27. The van der Waals surface area contributed by atoms with Gasteiger partial charge in [0, 0.05) is 37.5 Å². The Morgan fingerprint density at radius 2 is 2.30 bits per heavy atom. The van der Waals surface area contributed by atoms with E-state index in [-0.39, 0.29) is 11.9 Å². The standard InChI is InChI=1S/C14H23N3O2S/c1-3-13-16-12(10-20-13)11(2)15-5-4-14(18)17-6-8-19-9-7-17/h10-11,15H,3-9H2,1-2H3. The molecule has 0 saturated carbocycles. The molecule has 1 aliphatic rings. The van der Waals surface area contributed by atoms with Crippen molar-refractivity contribution in [1.82, 2.24) is 15.2 Å². The predicted octanol–water partition coefficient (Wildman–Crippen LogP) is 1.60. The summed E-state index contributed by atoms with van der Waals surface area (Å²) in [4.78, 5) is 18.4. The maximum absolute atomic E-state index is 12.0. The summed E-state index contributed by atoms with van der Waals surface area (Å²) in [5.41, 5.74) is 1.07. The van der Waals surface area contributed by atoms with Gasteiger partial charge in [-0.1, -0.05) is 6.92 Å². The molecule has 5 nitrogen and oxygen atoms in total. The normalized spacial score (nSPS) is 17.2. The molecule has 0 bridgehead atoms. The van der Waals surface area contributed by atoms with Gasteiger partial charge in [0.05, 0.1) is 23.9 Å². The summed E-state index contributed by atoms with van der Waals surface area (Å²) in [5.74, 6) is 0.209. The van der Waals surface area contributed by atoms with Crippen molar-refractivity contribution in [2.75, 3.05) is 32.8 Å². The fourth-order valence-corrected chi connectivity index (χ4v) is 3.00. The highest BCUT2D eigenvalue weighted by atomic mass is 32.1. The zero-order chi connectivity index (χ0) is 14.4. The van der Waals surface area contributed by atoms with Gasteiger partial charge in [-0.15, -0.1) is 11.3 Å². The Balaban J connectivity index is 1.70. The number of hydrogen-bond acceptors (Lipinski definition) is 5. The van der Waals surface area contributed by atoms with Crippen LogP contribution in [0.2, 0.25) is 0 Å². The molecule has 0 aliphatic carbocycles. The maximum Gasteiger partial charge on any atom is 0.224 e. The summed E-state index contributed by atoms with van der Waals surface area (Å²) < 4.78 is 5.25. The number of rotatable bonds is 6. The summed E-state index contributed by atoms with van der Waals surface area (Å²) in [6.45, 7) is 7.66. The van der Waals surface area contributed by atoms with Gasteiger partial charge in [-0.25, -0.2) is 4.98 Å². The Hall–Kier alpha value is -0.980. The lowest BCUT2D eigenvalue weighted by molar-refractivity contribution is -0.135. The van der Waals surface area contributed by atoms with Crippen LogP contribution in [-0.2, 0) is 16.0 Å². The Morgan fingerprint density at radius 3 is 2.95 bits per heavy atom. The molecule has 1 saturated heterocycles. The van der Waals surface area contributed by atoms with Crippen LogP contribution >= 0.6 is 11.3 Å². The third-order valence-electron chi connectivity index (χ3n) is 3.47. The quantitative estimate of drug-likeness (QED) is 0.866. The molecule has 6 heteroatoms. The van der Waals surface area contributed by atoms with Crippen molar-refractivity contribution in [2.45, 2.75) is 32.7 Å². The molecule has 1 aliphatic heterocycles. The van der Waals surface area contributed by atoms with Gasteiger partial charge in [0.1, 0.15) is 0 Å². The first-order valence-corrected chi connectivity index (χ1v) is 8.12. The van der Waals surface area contributed by atoms with Gasteiger partial charge in [-0.3, -0.25) is 4.79 Å². The molecular weight excluding hydrogens is 274 g/mol. The minimum Gasteiger partial charge on any atom is -0.378 e. The first-order valence-electron chi connectivity index (χ1n) is 7.24. The second kappa shape index (κ2) is 7.71. The molecule has 1 fully saturated rings. The van der Waals surface area contributed by atoms with E-state index in [1.807, 2.05) is 4.90 Å². The molecule has 112 valence electrons. The number of morpholine rings is 1. The maximum atomic E-state index is 12.0. The summed E-state index contributed by atoms with van der Waals surface area (Å²) in [6.07, 6.45) is 1.52. The highest BCUT2D eigenvalue weighted by Crippen LogP contribution is 2.16. The molecule has 1 unspecified atom stereocenters. The SMILES string of the molecule is CCc1nc(C(C)NCCC(=O)N2CCOCC2)cs1. The first kappa shape index (κ1) is 15.4. The van der Waals surface area contributed by atoms with E-state index in [0.717, 1.165) is 30.2 Å². The number of thiazole rings is 1. The molecule has 0 spiro atoms. The lowest BCUT2D eigenvalue weighted by atomic mass is 10.2. The van der Waals surface area contributed by atoms with Gasteiger partial charge < -0.3 is 15.0 Å². The average Bonchev–Trinajstić information content (AvgIpc) is 2.97. The van der Waals surface area contributed by atoms with Crippen LogP contribution < -0.4 is 5.32 Å². The first-order chi connectivity index (χ1) is 9.70. The second-order valence-electron chi connectivity index (χ2n) is 4.94. The smallest absolute Gasteiger partial charge is 0.224 e. The highest BCUT2D eigenvalue weighted by molar-refractivity contribution is 7.09. The van der Waals surface area contributed by atoms with Crippen molar-refractivity contribution < 1.29 is 9.53 Å². The highest BCUT2D eigenvalue weighted by Gasteiger charge is 2.16. The van der Waals surface area contributed by atoms with Crippen molar-refractivity contribution >= 4 is 17.2 Å². The molecular formula is C14H23N3O2S. The van der Waals surface area contributed by atoms with Crippen molar-refractivity contribution in [1.29, 1.82) is 0 Å². The summed E-state index contributed by atoms with van der Waals surface area (Å²) in [7, 11) is 0. The average molecular weight is 297 g/mol. The molecule has 0 aromatic carbocycles. The molecule has 1 aromatic rings. The summed E-state index contributed by atoms with van der Waals surface area (Å²) >= 11 is 1.70. The van der Waals surface area contributed by atoms with E-state index in [1.165, 1.54) is 0 Å². The zero-order valence-electron chi connectivity index (χ0n) is 12.2. The molecule has 1 aromatic heterocycles. The van der Waals surface area contributed by atoms with Crippen LogP contribution in [0, 0.1) is 0 Å². The van der Waals surface area contributed by atoms with Gasteiger partial charge in [0.15, 0.2) is 0 Å². The van der Waals surface area contributed by atoms with Crippen molar-refractivity contribution in [3.05, 3.63) is 16.1 Å². The summed E-state index contributed by atoms with van der Waals surface area (Å²) in [6, 6.07) is 0.198. The number of ether oxygens (including phenoxy) is 1. The number of aryl methyl sites for hydroxylation is 1. The number of carbonyl (C=O) groups excluding carboxylic acids is 1. The largest absolute Gasteiger partial charge is 0.378 e. The molecule has 20 heavy (non-hydrogen) atoms. The molecule has 1 atom stereocenters. The van der Waals surface area contributed by atoms with Crippen LogP contribution in [0.4, 0.5) is 0 Å². The van der Waals surface area contributed by atoms with Gasteiger partial charge >= 0.3 is 0 Å². The molecule has 0 radical (unpaired) electrons. The predicted molar refractivity (Wildman–Crippen MR) is 79.9 cm³/mol. The van der Waals surface area contributed by atoms with Crippen LogP contribution in [0.1, 0.15) is 37.0 Å². The number of hydrogen-bond donors (Lipinski definition) is 1. The summed E-state index contributed by atoms with van der Waals surface area (Å²) in [5, 5.41) is 6.63. The number of nitrogens with zero attached hydrogens (tertiary/aromatic N) is 2. The van der Waals surface area contributed by atoms with E-state index >= 15 is 0 Å². The van der Waals surface area contributed by atoms with Crippen molar-refractivity contribution in [3.8, 4) is 0 Å². The van der Waals surface area contributed by atoms with Crippen LogP contribution in [0.5, 0.6) is 0 Å². The van der Waals surface area contributed by atoms with E-state index in [4.69, 9.17) is 4.74 Å². The van der Waals surface area contributed by atoms with E-state index < -0.39 is 0 Å². The Kier molecular flexibility index (Phi) is 5.94. The third kappa shape index (κ3) is 4.26. The fraction of sp³-hybridized carbons (Fsp3) is 0.714. The number of amides is 1. The minimum atomic E-state index is 0.198. The Morgan fingerprint density at radius 1 is 1.55 bits per heavy atom. The molecule has 1 N–H and O–H groups in total. The number of nitrogens with one attached hydrogen (secondary N) is 1. The Bertz CT molecular complexity index is 430. The second-order valence-corrected chi connectivity index (χ2v) is 5.88. The Labute approximate surface area is 124 Å². The lowest BCUT2D eigenvalue weighted by Crippen LogP contribution is -2.41. The van der Waals surface area contributed by atoms with E-state index in [2.05, 4.69) is 29.5 Å². The fourth-order valence-electron chi connectivity index (χ4n) is 2.16. The van der Waals surface area contributed by atoms with Crippen LogP contribution in [-0.4, -0.2) is 48.6 Å². The molecule has 2 rings (SSSR count). The van der Waals surface area contributed by atoms with Gasteiger partial charge in [-0.05, 0) is 13.3 Å². The minimum absolute atomic E-state index is 0.198. The van der Waals surface area contributed by atoms with Crippen LogP contribution in [0.25, 0.3) is 0 Å². The third-order valence-corrected chi connectivity index (χ3v) is 4.48. The molecule has 2 heterocycles. The number of carbonyl (C=O) groups is 1. The van der Waals surface area contributed by atoms with Crippen LogP contribution in [0.3, 0.4) is 0 Å². The topological polar surface area (TPSA) is 54.5 Å².